The largest absolute Gasteiger partial charge is 1.00 e. The number of unbranched alkanes of at least 4 members (excludes halogenated alkanes) is 8. The Morgan fingerprint density at radius 3 is 1.86 bits per heavy atom. The van der Waals surface area contributed by atoms with Gasteiger partial charge < -0.3 is 33.5 Å². The highest BCUT2D eigenvalue weighted by Crippen LogP contribution is 2.30. The van der Waals surface area contributed by atoms with Gasteiger partial charge in [0.05, 0.1) is 13.2 Å². The number of halogens is 1. The molecule has 0 bridgehead atoms. The van der Waals surface area contributed by atoms with Crippen molar-refractivity contribution in [3.63, 3.8) is 0 Å². The Balaban J connectivity index is 0.00000645. The van der Waals surface area contributed by atoms with E-state index in [0.29, 0.717) is 35.8 Å². The smallest absolute Gasteiger partial charge is 0.261 e. The number of benzene rings is 2. The number of ether oxygens (including phenoxy) is 2. The molecular weight excluding hydrogens is 651 g/mol. The van der Waals surface area contributed by atoms with Gasteiger partial charge in [-0.3, -0.25) is 14.5 Å². The molecule has 0 aliphatic heterocycles. The standard InChI is InChI=1S/C36H49N2O4.HI/c1-4-7-9-11-18-26-41-33-24-23-31(28-34(33)42-27-19-12-10-8-5-2)36(40)38(35(39)30-20-14-13-15-21-30)29-32-22-16-17-25-37(32)6-3;/h13-17,20-25,28H,4-12,18-19,26-27,29H2,1-3H3;1H/q+1;/p-1. The SMILES string of the molecule is CCCCCCCOc1ccc(C(=O)N(Cc2cccc[n+]2CC)C(=O)c2ccccc2)cc1OCCCCCCC.[I-]. The second-order valence-electron chi connectivity index (χ2n) is 10.7. The Labute approximate surface area is 275 Å². The lowest BCUT2D eigenvalue weighted by atomic mass is 10.1. The van der Waals surface area contributed by atoms with Crippen molar-refractivity contribution in [2.24, 2.45) is 0 Å². The summed E-state index contributed by atoms with van der Waals surface area (Å²) in [5.41, 5.74) is 1.75. The number of nitrogens with zero attached hydrogens (tertiary/aromatic N) is 2. The van der Waals surface area contributed by atoms with Gasteiger partial charge in [-0.25, -0.2) is 4.57 Å². The van der Waals surface area contributed by atoms with Crippen molar-refractivity contribution < 1.29 is 47.6 Å². The zero-order valence-corrected chi connectivity index (χ0v) is 28.4. The molecule has 7 heteroatoms. The molecule has 0 fully saturated rings. The van der Waals surface area contributed by atoms with E-state index in [4.69, 9.17) is 9.47 Å². The monoisotopic (exact) mass is 700 g/mol. The van der Waals surface area contributed by atoms with E-state index >= 15 is 0 Å². The average molecular weight is 701 g/mol. The van der Waals surface area contributed by atoms with Crippen molar-refractivity contribution >= 4 is 11.8 Å². The number of aryl methyl sites for hydroxylation is 1. The second kappa shape index (κ2) is 20.9. The topological polar surface area (TPSA) is 59.7 Å². The molecule has 234 valence electrons. The Kier molecular flexibility index (Phi) is 17.6. The third kappa shape index (κ3) is 11.9. The fourth-order valence-electron chi connectivity index (χ4n) is 4.90. The van der Waals surface area contributed by atoms with E-state index in [-0.39, 0.29) is 42.3 Å². The van der Waals surface area contributed by atoms with Crippen LogP contribution in [0.15, 0.2) is 72.9 Å². The Morgan fingerprint density at radius 1 is 0.651 bits per heavy atom. The van der Waals surface area contributed by atoms with Crippen LogP contribution >= 0.6 is 0 Å². The van der Waals surface area contributed by atoms with Crippen molar-refractivity contribution in [2.75, 3.05) is 13.2 Å². The fraction of sp³-hybridized carbons (Fsp3) is 0.472. The summed E-state index contributed by atoms with van der Waals surface area (Å²) in [7, 11) is 0. The van der Waals surface area contributed by atoms with E-state index in [1.54, 1.807) is 24.3 Å². The van der Waals surface area contributed by atoms with Crippen LogP contribution < -0.4 is 38.0 Å². The van der Waals surface area contributed by atoms with Crippen molar-refractivity contribution in [3.05, 3.63) is 89.7 Å². The molecule has 0 saturated heterocycles. The maximum atomic E-state index is 14.0. The normalized spacial score (nSPS) is 10.6. The number of amides is 2. The number of pyridine rings is 1. The predicted octanol–water partition coefficient (Wildman–Crippen LogP) is 5.18. The van der Waals surface area contributed by atoms with Gasteiger partial charge in [0.15, 0.2) is 17.7 Å². The molecule has 0 N–H and O–H groups in total. The summed E-state index contributed by atoms with van der Waals surface area (Å²) < 4.78 is 14.4. The quantitative estimate of drug-likeness (QED) is 0.0750. The van der Waals surface area contributed by atoms with Gasteiger partial charge in [-0.15, -0.1) is 0 Å². The molecule has 1 heterocycles. The van der Waals surface area contributed by atoms with E-state index < -0.39 is 0 Å². The minimum atomic E-state index is -0.366. The van der Waals surface area contributed by atoms with Gasteiger partial charge in [0, 0.05) is 23.3 Å². The van der Waals surface area contributed by atoms with Crippen molar-refractivity contribution in [1.29, 1.82) is 0 Å². The van der Waals surface area contributed by atoms with E-state index in [2.05, 4.69) is 13.8 Å². The number of carbonyl (C=O) groups excluding carboxylic acids is 2. The Bertz CT molecular complexity index is 1230. The van der Waals surface area contributed by atoms with Crippen LogP contribution in [0.1, 0.15) is 111 Å². The summed E-state index contributed by atoms with van der Waals surface area (Å²) in [6.45, 7) is 8.51. The van der Waals surface area contributed by atoms with Gasteiger partial charge in [-0.1, -0.05) is 89.5 Å². The number of hydrogen-bond donors (Lipinski definition) is 0. The zero-order chi connectivity index (χ0) is 30.0. The number of aromatic nitrogens is 1. The van der Waals surface area contributed by atoms with Crippen LogP contribution in [0.4, 0.5) is 0 Å². The molecule has 0 spiro atoms. The number of imide groups is 1. The van der Waals surface area contributed by atoms with Crippen LogP contribution in [0.3, 0.4) is 0 Å². The zero-order valence-electron chi connectivity index (χ0n) is 26.2. The highest BCUT2D eigenvalue weighted by atomic mass is 127. The van der Waals surface area contributed by atoms with Gasteiger partial charge in [0.25, 0.3) is 11.8 Å². The van der Waals surface area contributed by atoms with Gasteiger partial charge in [-0.2, -0.15) is 0 Å². The van der Waals surface area contributed by atoms with E-state index in [0.717, 1.165) is 37.9 Å². The minimum Gasteiger partial charge on any atom is -1.00 e. The second-order valence-corrected chi connectivity index (χ2v) is 10.7. The molecule has 0 atom stereocenters. The molecule has 3 aromatic rings. The average Bonchev–Trinajstić information content (AvgIpc) is 3.03. The first-order chi connectivity index (χ1) is 20.6. The molecule has 2 aromatic carbocycles. The van der Waals surface area contributed by atoms with E-state index in [9.17, 15) is 9.59 Å². The lowest BCUT2D eigenvalue weighted by molar-refractivity contribution is -0.701. The molecular formula is C36H49IN2O4. The van der Waals surface area contributed by atoms with Gasteiger partial charge in [-0.05, 0) is 50.1 Å². The molecule has 43 heavy (non-hydrogen) atoms. The third-order valence-corrected chi connectivity index (χ3v) is 7.41. The maximum absolute atomic E-state index is 14.0. The van der Waals surface area contributed by atoms with Gasteiger partial charge >= 0.3 is 0 Å². The first-order valence-electron chi connectivity index (χ1n) is 15.9. The van der Waals surface area contributed by atoms with Crippen LogP contribution in [-0.2, 0) is 13.1 Å². The maximum Gasteiger partial charge on any atom is 0.261 e. The van der Waals surface area contributed by atoms with Crippen LogP contribution in [0.2, 0.25) is 0 Å². The predicted molar refractivity (Wildman–Crippen MR) is 168 cm³/mol. The highest BCUT2D eigenvalue weighted by molar-refractivity contribution is 6.10. The summed E-state index contributed by atoms with van der Waals surface area (Å²) in [4.78, 5) is 29.1. The number of carbonyl (C=O) groups is 2. The molecule has 1 aromatic heterocycles. The van der Waals surface area contributed by atoms with Crippen molar-refractivity contribution in [3.8, 4) is 11.5 Å². The molecule has 2 amide bonds. The van der Waals surface area contributed by atoms with Gasteiger partial charge in [0.2, 0.25) is 5.69 Å². The highest BCUT2D eigenvalue weighted by Gasteiger charge is 2.28. The Morgan fingerprint density at radius 2 is 1.23 bits per heavy atom. The minimum absolute atomic E-state index is 0. The lowest BCUT2D eigenvalue weighted by Gasteiger charge is -2.21. The molecule has 0 unspecified atom stereocenters. The first kappa shape index (κ1) is 36.3. The van der Waals surface area contributed by atoms with Crippen LogP contribution in [0.25, 0.3) is 0 Å². The summed E-state index contributed by atoms with van der Waals surface area (Å²) in [5.74, 6) is 0.496. The molecule has 0 aliphatic rings. The van der Waals surface area contributed by atoms with Crippen LogP contribution in [0.5, 0.6) is 11.5 Å². The number of hydrogen-bond acceptors (Lipinski definition) is 4. The molecule has 0 radical (unpaired) electrons. The van der Waals surface area contributed by atoms with Crippen molar-refractivity contribution in [1.82, 2.24) is 4.90 Å². The number of rotatable bonds is 19. The lowest BCUT2D eigenvalue weighted by Crippen LogP contribution is -3.00. The molecule has 6 nitrogen and oxygen atoms in total. The first-order valence-corrected chi connectivity index (χ1v) is 15.9. The fourth-order valence-corrected chi connectivity index (χ4v) is 4.90. The summed E-state index contributed by atoms with van der Waals surface area (Å²) >= 11 is 0. The summed E-state index contributed by atoms with van der Waals surface area (Å²) in [6.07, 6.45) is 13.4. The Hall–Kier alpha value is -2.94. The van der Waals surface area contributed by atoms with Gasteiger partial charge in [0.1, 0.15) is 13.1 Å². The van der Waals surface area contributed by atoms with Crippen LogP contribution in [-0.4, -0.2) is 29.9 Å². The molecule has 3 rings (SSSR count). The summed E-state index contributed by atoms with van der Waals surface area (Å²) in [5, 5.41) is 0. The summed E-state index contributed by atoms with van der Waals surface area (Å²) in [6, 6.07) is 20.1. The van der Waals surface area contributed by atoms with E-state index in [1.807, 2.05) is 60.2 Å². The molecule has 0 aliphatic carbocycles. The molecule has 0 saturated carbocycles. The third-order valence-electron chi connectivity index (χ3n) is 7.41. The van der Waals surface area contributed by atoms with Crippen molar-refractivity contribution in [2.45, 2.75) is 98.1 Å². The van der Waals surface area contributed by atoms with E-state index in [1.165, 1.54) is 43.4 Å². The van der Waals surface area contributed by atoms with Crippen LogP contribution in [0, 0.1) is 0 Å².